The van der Waals surface area contributed by atoms with Crippen LogP contribution in [0.5, 0.6) is 0 Å². The second-order valence-electron chi connectivity index (χ2n) is 4.12. The van der Waals surface area contributed by atoms with E-state index in [1.165, 1.54) is 11.9 Å². The van der Waals surface area contributed by atoms with Crippen molar-refractivity contribution in [3.8, 4) is 0 Å². The maximum absolute atomic E-state index is 11.5. The topological polar surface area (TPSA) is 63.4 Å². The van der Waals surface area contributed by atoms with Gasteiger partial charge in [0, 0.05) is 31.5 Å². The van der Waals surface area contributed by atoms with Crippen molar-refractivity contribution in [2.75, 3.05) is 12.8 Å². The Hall–Kier alpha value is -1.84. The smallest absolute Gasteiger partial charge is 0.229 e. The molecule has 0 aliphatic carbocycles. The Labute approximate surface area is 94.0 Å². The van der Waals surface area contributed by atoms with Crippen molar-refractivity contribution in [3.05, 3.63) is 29.8 Å². The van der Waals surface area contributed by atoms with Crippen LogP contribution in [0.25, 0.3) is 0 Å². The van der Waals surface area contributed by atoms with E-state index in [1.807, 2.05) is 18.2 Å². The fraction of sp³-hybridized carbons (Fsp3) is 0.333. The molecule has 1 aliphatic rings. The van der Waals surface area contributed by atoms with E-state index in [4.69, 9.17) is 5.73 Å². The number of amides is 2. The number of nitrogens with two attached hydrogens (primary N) is 1. The average molecular weight is 218 g/mol. The highest BCUT2D eigenvalue weighted by molar-refractivity contribution is 5.98. The standard InChI is InChI=1S/C12H14N2O2/c1-14-11(15)6-9(7-12(14)16)8-3-2-4-10(13)5-8/h2-5,9H,6-7,13H2,1H3. The summed E-state index contributed by atoms with van der Waals surface area (Å²) in [6.07, 6.45) is 0.761. The van der Waals surface area contributed by atoms with Crippen molar-refractivity contribution < 1.29 is 9.59 Å². The normalized spacial score (nSPS) is 17.9. The van der Waals surface area contributed by atoms with Gasteiger partial charge in [-0.05, 0) is 17.7 Å². The van der Waals surface area contributed by atoms with E-state index in [2.05, 4.69) is 0 Å². The third kappa shape index (κ3) is 1.91. The molecule has 4 nitrogen and oxygen atoms in total. The lowest BCUT2D eigenvalue weighted by Crippen LogP contribution is -2.39. The fourth-order valence-electron chi connectivity index (χ4n) is 1.96. The fourth-order valence-corrected chi connectivity index (χ4v) is 1.96. The molecule has 1 heterocycles. The molecule has 16 heavy (non-hydrogen) atoms. The van der Waals surface area contributed by atoms with E-state index >= 15 is 0 Å². The van der Waals surface area contributed by atoms with Gasteiger partial charge in [-0.25, -0.2) is 0 Å². The predicted molar refractivity (Wildman–Crippen MR) is 60.6 cm³/mol. The Morgan fingerprint density at radius 1 is 1.25 bits per heavy atom. The van der Waals surface area contributed by atoms with Gasteiger partial charge in [0.1, 0.15) is 0 Å². The highest BCUT2D eigenvalue weighted by Gasteiger charge is 2.30. The van der Waals surface area contributed by atoms with Crippen LogP contribution < -0.4 is 5.73 Å². The van der Waals surface area contributed by atoms with Crippen LogP contribution in [0.4, 0.5) is 5.69 Å². The van der Waals surface area contributed by atoms with E-state index in [0.717, 1.165) is 5.56 Å². The highest BCUT2D eigenvalue weighted by atomic mass is 16.2. The van der Waals surface area contributed by atoms with Gasteiger partial charge in [0.05, 0.1) is 0 Å². The lowest BCUT2D eigenvalue weighted by atomic mass is 9.88. The molecule has 1 aromatic carbocycles. The first kappa shape index (κ1) is 10.7. The first-order valence-corrected chi connectivity index (χ1v) is 5.22. The first-order chi connectivity index (χ1) is 7.58. The van der Waals surface area contributed by atoms with Crippen LogP contribution in [0.3, 0.4) is 0 Å². The molecule has 0 aromatic heterocycles. The molecule has 0 radical (unpaired) electrons. The second-order valence-corrected chi connectivity index (χ2v) is 4.12. The van der Waals surface area contributed by atoms with Gasteiger partial charge in [0.15, 0.2) is 0 Å². The van der Waals surface area contributed by atoms with Crippen molar-refractivity contribution in [2.45, 2.75) is 18.8 Å². The summed E-state index contributed by atoms with van der Waals surface area (Å²) in [6.45, 7) is 0. The maximum Gasteiger partial charge on any atom is 0.229 e. The van der Waals surface area contributed by atoms with Gasteiger partial charge in [-0.2, -0.15) is 0 Å². The van der Waals surface area contributed by atoms with Gasteiger partial charge in [0.2, 0.25) is 11.8 Å². The number of imide groups is 1. The number of hydrogen-bond acceptors (Lipinski definition) is 3. The van der Waals surface area contributed by atoms with Crippen molar-refractivity contribution in [2.24, 2.45) is 0 Å². The van der Waals surface area contributed by atoms with Crippen LogP contribution in [0, 0.1) is 0 Å². The molecule has 2 N–H and O–H groups in total. The quantitative estimate of drug-likeness (QED) is 0.567. The average Bonchev–Trinajstić information content (AvgIpc) is 2.25. The van der Waals surface area contributed by atoms with Crippen LogP contribution in [-0.2, 0) is 9.59 Å². The van der Waals surface area contributed by atoms with Crippen LogP contribution in [-0.4, -0.2) is 23.8 Å². The van der Waals surface area contributed by atoms with E-state index in [-0.39, 0.29) is 17.7 Å². The van der Waals surface area contributed by atoms with Gasteiger partial charge < -0.3 is 5.73 Å². The summed E-state index contributed by atoms with van der Waals surface area (Å²) in [7, 11) is 1.53. The Bertz CT molecular complexity index is 424. The van der Waals surface area contributed by atoms with Gasteiger partial charge >= 0.3 is 0 Å². The van der Waals surface area contributed by atoms with Crippen molar-refractivity contribution in [1.82, 2.24) is 4.90 Å². The molecule has 1 aliphatic heterocycles. The minimum atomic E-state index is -0.122. The summed E-state index contributed by atoms with van der Waals surface area (Å²) in [6, 6.07) is 7.38. The minimum Gasteiger partial charge on any atom is -0.399 e. The van der Waals surface area contributed by atoms with Gasteiger partial charge in [0.25, 0.3) is 0 Å². The number of likely N-dealkylation sites (tertiary alicyclic amines) is 1. The molecule has 0 bridgehead atoms. The SMILES string of the molecule is CN1C(=O)CC(c2cccc(N)c2)CC1=O. The van der Waals surface area contributed by atoms with Crippen molar-refractivity contribution >= 4 is 17.5 Å². The number of nitrogen functional groups attached to an aromatic ring is 1. The Morgan fingerprint density at radius 3 is 2.44 bits per heavy atom. The van der Waals surface area contributed by atoms with Gasteiger partial charge in [-0.15, -0.1) is 0 Å². The molecular formula is C12H14N2O2. The summed E-state index contributed by atoms with van der Waals surface area (Å²) in [5.41, 5.74) is 7.31. The lowest BCUT2D eigenvalue weighted by Gasteiger charge is -2.27. The molecule has 0 spiro atoms. The summed E-state index contributed by atoms with van der Waals surface area (Å²) in [5, 5.41) is 0. The summed E-state index contributed by atoms with van der Waals surface area (Å²) in [4.78, 5) is 24.3. The minimum absolute atomic E-state index is 0.0281. The zero-order valence-electron chi connectivity index (χ0n) is 9.14. The summed E-state index contributed by atoms with van der Waals surface area (Å²) < 4.78 is 0. The number of anilines is 1. The molecule has 84 valence electrons. The number of rotatable bonds is 1. The van der Waals surface area contributed by atoms with Crippen molar-refractivity contribution in [1.29, 1.82) is 0 Å². The monoisotopic (exact) mass is 218 g/mol. The molecular weight excluding hydrogens is 204 g/mol. The molecule has 0 saturated carbocycles. The number of carbonyl (C=O) groups excluding carboxylic acids is 2. The third-order valence-electron chi connectivity index (χ3n) is 2.97. The Balaban J connectivity index is 2.23. The number of hydrogen-bond donors (Lipinski definition) is 1. The first-order valence-electron chi connectivity index (χ1n) is 5.22. The number of nitrogens with zero attached hydrogens (tertiary/aromatic N) is 1. The molecule has 0 atom stereocenters. The summed E-state index contributed by atoms with van der Waals surface area (Å²) in [5.74, 6) is -0.271. The molecule has 4 heteroatoms. The molecule has 1 aromatic rings. The number of carbonyl (C=O) groups is 2. The zero-order valence-corrected chi connectivity index (χ0v) is 9.14. The van der Waals surface area contributed by atoms with Crippen molar-refractivity contribution in [3.63, 3.8) is 0 Å². The van der Waals surface area contributed by atoms with E-state index in [9.17, 15) is 9.59 Å². The molecule has 0 unspecified atom stereocenters. The Morgan fingerprint density at radius 2 is 1.88 bits per heavy atom. The van der Waals surface area contributed by atoms with Crippen LogP contribution in [0.15, 0.2) is 24.3 Å². The highest BCUT2D eigenvalue weighted by Crippen LogP contribution is 2.29. The molecule has 2 amide bonds. The number of benzene rings is 1. The maximum atomic E-state index is 11.5. The third-order valence-corrected chi connectivity index (χ3v) is 2.97. The van der Waals surface area contributed by atoms with E-state index in [1.54, 1.807) is 6.07 Å². The molecule has 2 rings (SSSR count). The van der Waals surface area contributed by atoms with Gasteiger partial charge in [-0.3, -0.25) is 14.5 Å². The second kappa shape index (κ2) is 3.96. The molecule has 1 fully saturated rings. The summed E-state index contributed by atoms with van der Waals surface area (Å²) >= 11 is 0. The Kier molecular flexibility index (Phi) is 2.64. The van der Waals surface area contributed by atoms with Crippen LogP contribution in [0.1, 0.15) is 24.3 Å². The zero-order chi connectivity index (χ0) is 11.7. The predicted octanol–water partition coefficient (Wildman–Crippen LogP) is 1.13. The van der Waals surface area contributed by atoms with E-state index in [0.29, 0.717) is 18.5 Å². The molecule has 1 saturated heterocycles. The number of piperidine rings is 1. The largest absolute Gasteiger partial charge is 0.399 e. The van der Waals surface area contributed by atoms with Gasteiger partial charge in [-0.1, -0.05) is 12.1 Å². The van der Waals surface area contributed by atoms with E-state index < -0.39 is 0 Å². The van der Waals surface area contributed by atoms with Crippen LogP contribution in [0.2, 0.25) is 0 Å². The van der Waals surface area contributed by atoms with Crippen LogP contribution >= 0.6 is 0 Å². The lowest BCUT2D eigenvalue weighted by molar-refractivity contribution is -0.146.